The molecule has 0 aliphatic heterocycles. The SMILES string of the molecule is C.C/C=C\c1ccccc1OP(=O)(O)O. The zero-order chi connectivity index (χ0) is 10.6. The van der Waals surface area contributed by atoms with E-state index < -0.39 is 7.82 Å². The highest BCUT2D eigenvalue weighted by Crippen LogP contribution is 2.39. The fourth-order valence-electron chi connectivity index (χ4n) is 1.01. The average Bonchev–Trinajstić information content (AvgIpc) is 2.06. The summed E-state index contributed by atoms with van der Waals surface area (Å²) in [6.07, 6.45) is 3.48. The predicted octanol–water partition coefficient (Wildman–Crippen LogP) is 2.83. The van der Waals surface area contributed by atoms with Crippen LogP contribution in [0.25, 0.3) is 6.08 Å². The molecule has 0 saturated carbocycles. The van der Waals surface area contributed by atoms with E-state index in [1.807, 2.05) is 6.92 Å². The molecule has 0 aromatic heterocycles. The topological polar surface area (TPSA) is 66.8 Å². The Morgan fingerprint density at radius 1 is 1.33 bits per heavy atom. The first-order chi connectivity index (χ1) is 6.53. The predicted molar refractivity (Wildman–Crippen MR) is 60.6 cm³/mol. The first-order valence-electron chi connectivity index (χ1n) is 4.00. The van der Waals surface area contributed by atoms with Gasteiger partial charge in [0, 0.05) is 5.56 Å². The van der Waals surface area contributed by atoms with Crippen molar-refractivity contribution in [1.29, 1.82) is 0 Å². The fourth-order valence-corrected chi connectivity index (χ4v) is 1.43. The summed E-state index contributed by atoms with van der Waals surface area (Å²) < 4.78 is 15.1. The zero-order valence-electron chi connectivity index (χ0n) is 7.62. The van der Waals surface area contributed by atoms with E-state index in [1.165, 1.54) is 6.07 Å². The van der Waals surface area contributed by atoms with Crippen LogP contribution in [0.1, 0.15) is 19.9 Å². The molecular formula is C10H15O4P. The number of phosphoric acid groups is 1. The van der Waals surface area contributed by atoms with E-state index in [-0.39, 0.29) is 13.2 Å². The molecule has 1 aromatic carbocycles. The van der Waals surface area contributed by atoms with Crippen molar-refractivity contribution >= 4 is 13.9 Å². The zero-order valence-corrected chi connectivity index (χ0v) is 8.52. The van der Waals surface area contributed by atoms with Gasteiger partial charge in [0.05, 0.1) is 0 Å². The second kappa shape index (κ2) is 5.71. The third-order valence-corrected chi connectivity index (χ3v) is 1.92. The maximum atomic E-state index is 10.6. The van der Waals surface area contributed by atoms with Crippen molar-refractivity contribution in [2.75, 3.05) is 0 Å². The Bertz CT molecular complexity index is 381. The summed E-state index contributed by atoms with van der Waals surface area (Å²) in [4.78, 5) is 17.3. The van der Waals surface area contributed by atoms with Crippen molar-refractivity contribution < 1.29 is 18.9 Å². The Morgan fingerprint density at radius 3 is 2.47 bits per heavy atom. The molecule has 84 valence electrons. The number of hydrogen-bond acceptors (Lipinski definition) is 2. The second-order valence-electron chi connectivity index (χ2n) is 2.62. The highest BCUT2D eigenvalue weighted by Gasteiger charge is 2.16. The van der Waals surface area contributed by atoms with Crippen molar-refractivity contribution in [2.45, 2.75) is 14.4 Å². The molecule has 0 spiro atoms. The molecule has 1 aromatic rings. The standard InChI is InChI=1S/C9H11O4P.CH4/c1-2-5-8-6-3-4-7-9(8)13-14(10,11)12;/h2-7H,1H3,(H2,10,11,12);1H4/b5-2-;. The molecule has 0 unspecified atom stereocenters. The highest BCUT2D eigenvalue weighted by molar-refractivity contribution is 7.46. The Morgan fingerprint density at radius 2 is 1.93 bits per heavy atom. The fraction of sp³-hybridized carbons (Fsp3) is 0.200. The molecule has 1 rings (SSSR count). The minimum absolute atomic E-state index is 0. The lowest BCUT2D eigenvalue weighted by Gasteiger charge is -2.08. The van der Waals surface area contributed by atoms with Gasteiger partial charge in [-0.15, -0.1) is 0 Å². The molecule has 0 bridgehead atoms. The lowest BCUT2D eigenvalue weighted by atomic mass is 10.2. The number of hydrogen-bond donors (Lipinski definition) is 2. The van der Waals surface area contributed by atoms with E-state index in [0.717, 1.165) is 0 Å². The van der Waals surface area contributed by atoms with Crippen LogP contribution in [0.3, 0.4) is 0 Å². The van der Waals surface area contributed by atoms with E-state index in [9.17, 15) is 4.57 Å². The quantitative estimate of drug-likeness (QED) is 0.783. The molecule has 2 N–H and O–H groups in total. The van der Waals surface area contributed by atoms with Gasteiger partial charge in [0.15, 0.2) is 0 Å². The van der Waals surface area contributed by atoms with Crippen LogP contribution in [0.5, 0.6) is 5.75 Å². The van der Waals surface area contributed by atoms with Crippen LogP contribution in [0.15, 0.2) is 30.3 Å². The van der Waals surface area contributed by atoms with Gasteiger partial charge in [0.1, 0.15) is 5.75 Å². The largest absolute Gasteiger partial charge is 0.524 e. The summed E-state index contributed by atoms with van der Waals surface area (Å²) in [5, 5.41) is 0. The van der Waals surface area contributed by atoms with Gasteiger partial charge in [-0.25, -0.2) is 4.57 Å². The minimum atomic E-state index is -4.47. The summed E-state index contributed by atoms with van der Waals surface area (Å²) in [6, 6.07) is 6.64. The van der Waals surface area contributed by atoms with E-state index in [4.69, 9.17) is 9.79 Å². The summed E-state index contributed by atoms with van der Waals surface area (Å²) in [7, 11) is -4.47. The first kappa shape index (κ1) is 13.9. The van der Waals surface area contributed by atoms with Crippen LogP contribution in [0, 0.1) is 0 Å². The molecule has 0 aliphatic carbocycles. The number of para-hydroxylation sites is 1. The van der Waals surface area contributed by atoms with Gasteiger partial charge in [-0.2, -0.15) is 0 Å². The van der Waals surface area contributed by atoms with Crippen molar-refractivity contribution in [3.8, 4) is 5.75 Å². The van der Waals surface area contributed by atoms with Crippen molar-refractivity contribution in [3.05, 3.63) is 35.9 Å². The maximum absolute atomic E-state index is 10.6. The Kier molecular flexibility index (Phi) is 5.29. The molecule has 0 saturated heterocycles. The molecule has 0 radical (unpaired) electrons. The van der Waals surface area contributed by atoms with Crippen LogP contribution in [0.4, 0.5) is 0 Å². The van der Waals surface area contributed by atoms with E-state index in [1.54, 1.807) is 30.4 Å². The van der Waals surface area contributed by atoms with Crippen LogP contribution < -0.4 is 4.52 Å². The Hall–Kier alpha value is -1.09. The lowest BCUT2D eigenvalue weighted by molar-refractivity contribution is 0.283. The Labute approximate surface area is 89.5 Å². The third-order valence-electron chi connectivity index (χ3n) is 1.48. The van der Waals surface area contributed by atoms with Gasteiger partial charge in [-0.1, -0.05) is 37.8 Å². The molecule has 0 fully saturated rings. The average molecular weight is 230 g/mol. The smallest absolute Gasteiger partial charge is 0.404 e. The Balaban J connectivity index is 0.00000196. The molecule has 5 heteroatoms. The minimum Gasteiger partial charge on any atom is -0.404 e. The van der Waals surface area contributed by atoms with Crippen molar-refractivity contribution in [2.24, 2.45) is 0 Å². The van der Waals surface area contributed by atoms with Crippen LogP contribution in [-0.4, -0.2) is 9.79 Å². The van der Waals surface area contributed by atoms with Crippen LogP contribution in [0.2, 0.25) is 0 Å². The van der Waals surface area contributed by atoms with E-state index in [2.05, 4.69) is 4.52 Å². The van der Waals surface area contributed by atoms with Crippen LogP contribution in [-0.2, 0) is 4.57 Å². The molecule has 4 nitrogen and oxygen atoms in total. The monoisotopic (exact) mass is 230 g/mol. The summed E-state index contributed by atoms with van der Waals surface area (Å²) in [6.45, 7) is 1.81. The van der Waals surface area contributed by atoms with Gasteiger partial charge >= 0.3 is 7.82 Å². The van der Waals surface area contributed by atoms with Gasteiger partial charge in [-0.3, -0.25) is 9.79 Å². The molecular weight excluding hydrogens is 215 g/mol. The maximum Gasteiger partial charge on any atom is 0.524 e. The third kappa shape index (κ3) is 4.79. The van der Waals surface area contributed by atoms with E-state index >= 15 is 0 Å². The number of allylic oxidation sites excluding steroid dienone is 1. The van der Waals surface area contributed by atoms with Gasteiger partial charge in [0.2, 0.25) is 0 Å². The molecule has 0 amide bonds. The number of benzene rings is 1. The van der Waals surface area contributed by atoms with Crippen molar-refractivity contribution in [1.82, 2.24) is 0 Å². The number of rotatable bonds is 3. The number of phosphoric ester groups is 1. The van der Waals surface area contributed by atoms with Gasteiger partial charge < -0.3 is 4.52 Å². The summed E-state index contributed by atoms with van der Waals surface area (Å²) >= 11 is 0. The molecule has 0 atom stereocenters. The normalized spacial score (nSPS) is 11.1. The second-order valence-corrected chi connectivity index (χ2v) is 3.78. The molecule has 15 heavy (non-hydrogen) atoms. The van der Waals surface area contributed by atoms with Gasteiger partial charge in [-0.05, 0) is 13.0 Å². The summed E-state index contributed by atoms with van der Waals surface area (Å²) in [5.74, 6) is 0.180. The van der Waals surface area contributed by atoms with Crippen LogP contribution >= 0.6 is 7.82 Å². The first-order valence-corrected chi connectivity index (χ1v) is 5.53. The van der Waals surface area contributed by atoms with E-state index in [0.29, 0.717) is 5.56 Å². The lowest BCUT2D eigenvalue weighted by Crippen LogP contribution is -1.91. The van der Waals surface area contributed by atoms with Crippen molar-refractivity contribution in [3.63, 3.8) is 0 Å². The molecule has 0 aliphatic rings. The molecule has 0 heterocycles. The summed E-state index contributed by atoms with van der Waals surface area (Å²) in [5.41, 5.74) is 0.637. The highest BCUT2D eigenvalue weighted by atomic mass is 31.2. The van der Waals surface area contributed by atoms with Gasteiger partial charge in [0.25, 0.3) is 0 Å².